The molecule has 2 aromatic carbocycles. The van der Waals surface area contributed by atoms with E-state index in [2.05, 4.69) is 5.32 Å². The molecule has 3 N–H and O–H groups in total. The average Bonchev–Trinajstić information content (AvgIpc) is 2.74. The fraction of sp³-hybridized carbons (Fsp3) is 0.409. The van der Waals surface area contributed by atoms with Crippen LogP contribution in [-0.2, 0) is 32.2 Å². The number of nitrogens with one attached hydrogen (secondary N) is 1. The van der Waals surface area contributed by atoms with Crippen LogP contribution < -0.4 is 5.32 Å². The highest BCUT2D eigenvalue weighted by molar-refractivity contribution is 5.73. The molecule has 0 aromatic heterocycles. The van der Waals surface area contributed by atoms with E-state index in [1.165, 1.54) is 6.92 Å². The van der Waals surface area contributed by atoms with Gasteiger partial charge < -0.3 is 29.7 Å². The van der Waals surface area contributed by atoms with Gasteiger partial charge in [-0.15, -0.1) is 0 Å². The number of carbonyl (C=O) groups excluding carboxylic acids is 1. The molecule has 1 aliphatic heterocycles. The quantitative estimate of drug-likeness (QED) is 0.618. The van der Waals surface area contributed by atoms with Crippen LogP contribution in [-0.4, -0.2) is 53.4 Å². The van der Waals surface area contributed by atoms with Crippen LogP contribution in [0.3, 0.4) is 0 Å². The highest BCUT2D eigenvalue weighted by Crippen LogP contribution is 2.26. The molecule has 0 saturated carbocycles. The molecular weight excluding hydrogens is 374 g/mol. The van der Waals surface area contributed by atoms with E-state index in [-0.39, 0.29) is 19.1 Å². The molecule has 0 radical (unpaired) electrons. The second-order valence-electron chi connectivity index (χ2n) is 7.00. The Balaban J connectivity index is 1.76. The van der Waals surface area contributed by atoms with Gasteiger partial charge in [-0.05, 0) is 11.1 Å². The lowest BCUT2D eigenvalue weighted by molar-refractivity contribution is -0.281. The molecular formula is C22H27NO6. The maximum absolute atomic E-state index is 11.8. The lowest BCUT2D eigenvalue weighted by Gasteiger charge is -2.44. The number of amides is 1. The van der Waals surface area contributed by atoms with Gasteiger partial charge >= 0.3 is 0 Å². The Labute approximate surface area is 170 Å². The Hall–Kier alpha value is -2.29. The Kier molecular flexibility index (Phi) is 7.74. The van der Waals surface area contributed by atoms with Crippen molar-refractivity contribution in [3.8, 4) is 0 Å². The van der Waals surface area contributed by atoms with Crippen molar-refractivity contribution >= 4 is 5.91 Å². The third-order valence-electron chi connectivity index (χ3n) is 4.77. The van der Waals surface area contributed by atoms with Crippen molar-refractivity contribution in [1.82, 2.24) is 5.32 Å². The number of rotatable bonds is 8. The van der Waals surface area contributed by atoms with Crippen LogP contribution in [0.2, 0.25) is 0 Å². The summed E-state index contributed by atoms with van der Waals surface area (Å²) in [6.07, 6.45) is -3.72. The largest absolute Gasteiger partial charge is 0.394 e. The SMILES string of the molecule is CC(=O)NC1[C@H](OCc2ccccc2)OC(CO)[C@H](O)[C@@H]1OCc1ccccc1. The molecule has 29 heavy (non-hydrogen) atoms. The summed E-state index contributed by atoms with van der Waals surface area (Å²) in [5.41, 5.74) is 1.86. The topological polar surface area (TPSA) is 97.3 Å². The zero-order valence-corrected chi connectivity index (χ0v) is 16.3. The van der Waals surface area contributed by atoms with E-state index in [9.17, 15) is 15.0 Å². The summed E-state index contributed by atoms with van der Waals surface area (Å²) in [6.45, 7) is 1.47. The number of aliphatic hydroxyl groups is 2. The maximum Gasteiger partial charge on any atom is 0.217 e. The summed E-state index contributed by atoms with van der Waals surface area (Å²) >= 11 is 0. The molecule has 1 amide bonds. The van der Waals surface area contributed by atoms with E-state index in [4.69, 9.17) is 14.2 Å². The van der Waals surface area contributed by atoms with Gasteiger partial charge in [0.05, 0.1) is 19.8 Å². The van der Waals surface area contributed by atoms with Gasteiger partial charge in [0.1, 0.15) is 24.4 Å². The Morgan fingerprint density at radius 2 is 1.55 bits per heavy atom. The van der Waals surface area contributed by atoms with Crippen LogP contribution in [0.5, 0.6) is 0 Å². The molecule has 1 fully saturated rings. The van der Waals surface area contributed by atoms with E-state index in [0.717, 1.165) is 11.1 Å². The lowest BCUT2D eigenvalue weighted by Crippen LogP contribution is -2.65. The Bertz CT molecular complexity index is 756. The summed E-state index contributed by atoms with van der Waals surface area (Å²) in [4.78, 5) is 11.8. The van der Waals surface area contributed by atoms with Gasteiger partial charge in [-0.3, -0.25) is 4.79 Å². The maximum atomic E-state index is 11.8. The Morgan fingerprint density at radius 3 is 2.07 bits per heavy atom. The second-order valence-corrected chi connectivity index (χ2v) is 7.00. The Morgan fingerprint density at radius 1 is 1.00 bits per heavy atom. The molecule has 1 saturated heterocycles. The smallest absolute Gasteiger partial charge is 0.217 e. The van der Waals surface area contributed by atoms with Crippen LogP contribution in [0, 0.1) is 0 Å². The van der Waals surface area contributed by atoms with Gasteiger partial charge in [0.15, 0.2) is 6.29 Å². The molecule has 156 valence electrons. The summed E-state index contributed by atoms with van der Waals surface area (Å²) in [6, 6.07) is 18.3. The number of ether oxygens (including phenoxy) is 3. The monoisotopic (exact) mass is 401 g/mol. The minimum atomic E-state index is -1.13. The van der Waals surface area contributed by atoms with Gasteiger partial charge in [0.25, 0.3) is 0 Å². The molecule has 1 heterocycles. The van der Waals surface area contributed by atoms with E-state index in [0.29, 0.717) is 0 Å². The van der Waals surface area contributed by atoms with E-state index in [1.807, 2.05) is 60.7 Å². The molecule has 0 bridgehead atoms. The molecule has 1 aliphatic rings. The lowest BCUT2D eigenvalue weighted by atomic mass is 9.96. The van der Waals surface area contributed by atoms with Gasteiger partial charge in [-0.25, -0.2) is 0 Å². The zero-order valence-electron chi connectivity index (χ0n) is 16.3. The predicted octanol–water partition coefficient (Wildman–Crippen LogP) is 1.37. The van der Waals surface area contributed by atoms with Crippen LogP contribution in [0.1, 0.15) is 18.1 Å². The van der Waals surface area contributed by atoms with Crippen molar-refractivity contribution in [2.24, 2.45) is 0 Å². The first-order chi connectivity index (χ1) is 14.1. The fourth-order valence-electron chi connectivity index (χ4n) is 3.32. The molecule has 2 unspecified atom stereocenters. The second kappa shape index (κ2) is 10.5. The van der Waals surface area contributed by atoms with Crippen LogP contribution >= 0.6 is 0 Å². The van der Waals surface area contributed by atoms with Gasteiger partial charge in [0.2, 0.25) is 5.91 Å². The number of hydrogen-bond donors (Lipinski definition) is 3. The third kappa shape index (κ3) is 5.85. The van der Waals surface area contributed by atoms with Crippen molar-refractivity contribution in [3.63, 3.8) is 0 Å². The van der Waals surface area contributed by atoms with Crippen molar-refractivity contribution < 1.29 is 29.2 Å². The van der Waals surface area contributed by atoms with Gasteiger partial charge in [0, 0.05) is 6.92 Å². The minimum absolute atomic E-state index is 0.238. The molecule has 5 atom stereocenters. The van der Waals surface area contributed by atoms with E-state index < -0.39 is 37.3 Å². The van der Waals surface area contributed by atoms with Crippen molar-refractivity contribution in [3.05, 3.63) is 71.8 Å². The molecule has 7 heteroatoms. The molecule has 7 nitrogen and oxygen atoms in total. The number of aliphatic hydroxyl groups excluding tert-OH is 2. The number of carbonyl (C=O) groups is 1. The standard InChI is InChI=1S/C22H27NO6/c1-15(25)23-19-21(27-13-16-8-4-2-5-9-16)20(26)18(12-24)29-22(19)28-14-17-10-6-3-7-11-17/h2-11,18-22,24,26H,12-14H2,1H3,(H,23,25)/t18?,19?,20-,21+,22+/m0/s1. The molecule has 3 rings (SSSR count). The van der Waals surface area contributed by atoms with Crippen molar-refractivity contribution in [2.45, 2.75) is 50.8 Å². The highest BCUT2D eigenvalue weighted by atomic mass is 16.7. The first kappa shape index (κ1) is 21.4. The van der Waals surface area contributed by atoms with Crippen LogP contribution in [0.15, 0.2) is 60.7 Å². The van der Waals surface area contributed by atoms with E-state index in [1.54, 1.807) is 0 Å². The number of benzene rings is 2. The third-order valence-corrected chi connectivity index (χ3v) is 4.77. The van der Waals surface area contributed by atoms with Gasteiger partial charge in [-0.1, -0.05) is 60.7 Å². The van der Waals surface area contributed by atoms with Crippen molar-refractivity contribution in [1.29, 1.82) is 0 Å². The van der Waals surface area contributed by atoms with Crippen LogP contribution in [0.4, 0.5) is 0 Å². The average molecular weight is 401 g/mol. The van der Waals surface area contributed by atoms with Crippen molar-refractivity contribution in [2.75, 3.05) is 6.61 Å². The molecule has 0 spiro atoms. The van der Waals surface area contributed by atoms with Gasteiger partial charge in [-0.2, -0.15) is 0 Å². The highest BCUT2D eigenvalue weighted by Gasteiger charge is 2.46. The summed E-state index contributed by atoms with van der Waals surface area (Å²) in [5.74, 6) is -0.296. The number of hydrogen-bond acceptors (Lipinski definition) is 6. The summed E-state index contributed by atoms with van der Waals surface area (Å²) in [7, 11) is 0. The predicted molar refractivity (Wildman–Crippen MR) is 106 cm³/mol. The zero-order chi connectivity index (χ0) is 20.6. The first-order valence-electron chi connectivity index (χ1n) is 9.61. The minimum Gasteiger partial charge on any atom is -0.394 e. The summed E-state index contributed by atoms with van der Waals surface area (Å²) < 4.78 is 17.6. The summed E-state index contributed by atoms with van der Waals surface area (Å²) in [5, 5.41) is 23.1. The van der Waals surface area contributed by atoms with Crippen LogP contribution in [0.25, 0.3) is 0 Å². The first-order valence-corrected chi connectivity index (χ1v) is 9.61. The fourth-order valence-corrected chi connectivity index (χ4v) is 3.32. The molecule has 2 aromatic rings. The molecule has 0 aliphatic carbocycles. The van der Waals surface area contributed by atoms with E-state index >= 15 is 0 Å². The normalized spacial score (nSPS) is 26.8.